The summed E-state index contributed by atoms with van der Waals surface area (Å²) in [4.78, 5) is 12.2. The van der Waals surface area contributed by atoms with Crippen molar-refractivity contribution in [1.29, 1.82) is 0 Å². The Labute approximate surface area is 106 Å². The van der Waals surface area contributed by atoms with Crippen molar-refractivity contribution >= 4 is 17.4 Å². The van der Waals surface area contributed by atoms with Crippen LogP contribution in [0.15, 0.2) is 18.2 Å². The van der Waals surface area contributed by atoms with Crippen LogP contribution in [0.2, 0.25) is 5.02 Å². The van der Waals surface area contributed by atoms with Gasteiger partial charge in [-0.25, -0.2) is 0 Å². The number of Topliss-reactive ketones (excluding diaryl/α,β-unsaturated/α-hetero) is 1. The first-order valence-electron chi connectivity index (χ1n) is 5.81. The van der Waals surface area contributed by atoms with E-state index in [4.69, 9.17) is 16.3 Å². The van der Waals surface area contributed by atoms with Gasteiger partial charge in [-0.2, -0.15) is 0 Å². The Bertz CT molecular complexity index is 414. The normalized spacial score (nSPS) is 20.0. The molecule has 1 unspecified atom stereocenters. The third kappa shape index (κ3) is 2.79. The number of halogens is 1. The largest absolute Gasteiger partial charge is 0.495 e. The molecular weight excluding hydrogens is 238 g/mol. The molecule has 1 N–H and O–H groups in total. The van der Waals surface area contributed by atoms with Gasteiger partial charge < -0.3 is 10.1 Å². The Morgan fingerprint density at radius 2 is 2.35 bits per heavy atom. The van der Waals surface area contributed by atoms with Crippen molar-refractivity contribution in [2.24, 2.45) is 5.92 Å². The van der Waals surface area contributed by atoms with E-state index in [1.807, 2.05) is 0 Å². The third-order valence-electron chi connectivity index (χ3n) is 3.10. The minimum Gasteiger partial charge on any atom is -0.495 e. The summed E-state index contributed by atoms with van der Waals surface area (Å²) in [5.41, 5.74) is 0.671. The second kappa shape index (κ2) is 5.52. The first-order valence-corrected chi connectivity index (χ1v) is 6.18. The standard InChI is InChI=1S/C13H16ClNO2/c1-17-12-5-4-9(7-11(12)14)13(16)10-3-2-6-15-8-10/h4-5,7,10,15H,2-3,6,8H2,1H3. The molecule has 1 fully saturated rings. The molecule has 1 aromatic carbocycles. The van der Waals surface area contributed by atoms with E-state index in [2.05, 4.69) is 5.32 Å². The highest BCUT2D eigenvalue weighted by molar-refractivity contribution is 6.32. The second-order valence-corrected chi connectivity index (χ2v) is 4.66. The molecular formula is C13H16ClNO2. The fraction of sp³-hybridized carbons (Fsp3) is 0.462. The lowest BCUT2D eigenvalue weighted by Crippen LogP contribution is -2.34. The number of hydrogen-bond donors (Lipinski definition) is 1. The summed E-state index contributed by atoms with van der Waals surface area (Å²) in [6, 6.07) is 5.21. The summed E-state index contributed by atoms with van der Waals surface area (Å²) in [5.74, 6) is 0.847. The number of piperidine rings is 1. The molecule has 92 valence electrons. The lowest BCUT2D eigenvalue weighted by Gasteiger charge is -2.21. The molecule has 1 heterocycles. The molecule has 0 radical (unpaired) electrons. The molecule has 0 spiro atoms. The molecule has 1 aliphatic heterocycles. The van der Waals surface area contributed by atoms with Crippen molar-refractivity contribution in [3.63, 3.8) is 0 Å². The molecule has 0 aliphatic carbocycles. The molecule has 1 atom stereocenters. The summed E-state index contributed by atoms with van der Waals surface area (Å²) >= 11 is 6.02. The van der Waals surface area contributed by atoms with E-state index < -0.39 is 0 Å². The van der Waals surface area contributed by atoms with Gasteiger partial charge in [-0.05, 0) is 37.6 Å². The lowest BCUT2D eigenvalue weighted by atomic mass is 9.91. The molecule has 0 saturated carbocycles. The average molecular weight is 254 g/mol. The highest BCUT2D eigenvalue weighted by Gasteiger charge is 2.22. The van der Waals surface area contributed by atoms with Crippen LogP contribution in [0.3, 0.4) is 0 Å². The highest BCUT2D eigenvalue weighted by Crippen LogP contribution is 2.27. The highest BCUT2D eigenvalue weighted by atomic mass is 35.5. The number of rotatable bonds is 3. The van der Waals surface area contributed by atoms with Crippen molar-refractivity contribution < 1.29 is 9.53 Å². The molecule has 1 aromatic rings. The van der Waals surface area contributed by atoms with Crippen LogP contribution in [0.1, 0.15) is 23.2 Å². The van der Waals surface area contributed by atoms with Crippen molar-refractivity contribution in [2.75, 3.05) is 20.2 Å². The Hall–Kier alpha value is -1.06. The van der Waals surface area contributed by atoms with Gasteiger partial charge in [0.25, 0.3) is 0 Å². The second-order valence-electron chi connectivity index (χ2n) is 4.26. The number of carbonyl (C=O) groups excluding carboxylic acids is 1. The number of nitrogens with one attached hydrogen (secondary N) is 1. The first kappa shape index (κ1) is 12.4. The monoisotopic (exact) mass is 253 g/mol. The van der Waals surface area contributed by atoms with Gasteiger partial charge in [-0.1, -0.05) is 11.6 Å². The number of methoxy groups -OCH3 is 1. The maximum Gasteiger partial charge on any atom is 0.167 e. The minimum absolute atomic E-state index is 0.0770. The topological polar surface area (TPSA) is 38.3 Å². The Balaban J connectivity index is 2.16. The van der Waals surface area contributed by atoms with Gasteiger partial charge in [0.2, 0.25) is 0 Å². The predicted octanol–water partition coefficient (Wildman–Crippen LogP) is 2.53. The Morgan fingerprint density at radius 3 is 2.94 bits per heavy atom. The van der Waals surface area contributed by atoms with Gasteiger partial charge in [0.1, 0.15) is 5.75 Å². The van der Waals surface area contributed by atoms with Crippen molar-refractivity contribution in [3.05, 3.63) is 28.8 Å². The van der Waals surface area contributed by atoms with Gasteiger partial charge in [-0.3, -0.25) is 4.79 Å². The number of benzene rings is 1. The van der Waals surface area contributed by atoms with Crippen LogP contribution >= 0.6 is 11.6 Å². The van der Waals surface area contributed by atoms with Crippen LogP contribution in [0.4, 0.5) is 0 Å². The molecule has 3 nitrogen and oxygen atoms in total. The Kier molecular flexibility index (Phi) is 4.02. The fourth-order valence-electron chi connectivity index (χ4n) is 2.13. The van der Waals surface area contributed by atoms with Crippen molar-refractivity contribution in [1.82, 2.24) is 5.32 Å². The molecule has 0 amide bonds. The summed E-state index contributed by atoms with van der Waals surface area (Å²) in [7, 11) is 1.56. The summed E-state index contributed by atoms with van der Waals surface area (Å²) in [6.45, 7) is 1.77. The van der Waals surface area contributed by atoms with Crippen LogP contribution in [-0.2, 0) is 0 Å². The van der Waals surface area contributed by atoms with Crippen LogP contribution in [0, 0.1) is 5.92 Å². The molecule has 1 saturated heterocycles. The summed E-state index contributed by atoms with van der Waals surface area (Å²) in [6.07, 6.45) is 2.01. The third-order valence-corrected chi connectivity index (χ3v) is 3.40. The van der Waals surface area contributed by atoms with Gasteiger partial charge in [-0.15, -0.1) is 0 Å². The molecule has 17 heavy (non-hydrogen) atoms. The van der Waals surface area contributed by atoms with Gasteiger partial charge in [0.15, 0.2) is 5.78 Å². The molecule has 0 bridgehead atoms. The molecule has 4 heteroatoms. The van der Waals surface area contributed by atoms with E-state index in [1.54, 1.807) is 25.3 Å². The van der Waals surface area contributed by atoms with E-state index in [9.17, 15) is 4.79 Å². The number of ketones is 1. The van der Waals surface area contributed by atoms with Crippen LogP contribution in [0.5, 0.6) is 5.75 Å². The van der Waals surface area contributed by atoms with Crippen molar-refractivity contribution in [3.8, 4) is 5.75 Å². The zero-order valence-corrected chi connectivity index (χ0v) is 10.6. The van der Waals surface area contributed by atoms with Gasteiger partial charge >= 0.3 is 0 Å². The first-order chi connectivity index (χ1) is 8.22. The smallest absolute Gasteiger partial charge is 0.167 e. The van der Waals surface area contributed by atoms with E-state index >= 15 is 0 Å². The quantitative estimate of drug-likeness (QED) is 0.842. The Morgan fingerprint density at radius 1 is 1.53 bits per heavy atom. The van der Waals surface area contributed by atoms with Crippen molar-refractivity contribution in [2.45, 2.75) is 12.8 Å². The van der Waals surface area contributed by atoms with Crippen LogP contribution in [-0.4, -0.2) is 26.0 Å². The summed E-state index contributed by atoms with van der Waals surface area (Å²) in [5, 5.41) is 3.73. The van der Waals surface area contributed by atoms with Gasteiger partial charge in [0, 0.05) is 18.0 Å². The predicted molar refractivity (Wildman–Crippen MR) is 67.9 cm³/mol. The SMILES string of the molecule is COc1ccc(C(=O)C2CCCNC2)cc1Cl. The molecule has 2 rings (SSSR count). The zero-order valence-electron chi connectivity index (χ0n) is 9.83. The maximum atomic E-state index is 12.2. The maximum absolute atomic E-state index is 12.2. The van der Waals surface area contributed by atoms with E-state index in [0.29, 0.717) is 16.3 Å². The summed E-state index contributed by atoms with van der Waals surface area (Å²) < 4.78 is 5.07. The molecule has 0 aromatic heterocycles. The fourth-order valence-corrected chi connectivity index (χ4v) is 2.39. The van der Waals surface area contributed by atoms with E-state index in [1.165, 1.54) is 0 Å². The minimum atomic E-state index is 0.0770. The number of carbonyl (C=O) groups is 1. The molecule has 1 aliphatic rings. The van der Waals surface area contributed by atoms with E-state index in [-0.39, 0.29) is 11.7 Å². The lowest BCUT2D eigenvalue weighted by molar-refractivity contribution is 0.0899. The van der Waals surface area contributed by atoms with E-state index in [0.717, 1.165) is 25.9 Å². The number of ether oxygens (including phenoxy) is 1. The number of hydrogen-bond acceptors (Lipinski definition) is 3. The average Bonchev–Trinajstić information content (AvgIpc) is 2.39. The van der Waals surface area contributed by atoms with Crippen LogP contribution in [0.25, 0.3) is 0 Å². The van der Waals surface area contributed by atoms with Gasteiger partial charge in [0.05, 0.1) is 12.1 Å². The van der Waals surface area contributed by atoms with Crippen LogP contribution < -0.4 is 10.1 Å². The zero-order chi connectivity index (χ0) is 12.3.